The standard InChI is InChI=1S/C9H17F3N2O4S/c1-6(7(15)18-8(2,3)4)14-19(16,17)13-5-9(10,11)12/h6,13-14H,5H2,1-4H3/t6-/m1/s1. The van der Waals surface area contributed by atoms with E-state index in [-0.39, 0.29) is 0 Å². The van der Waals surface area contributed by atoms with Crippen molar-refractivity contribution in [2.75, 3.05) is 6.54 Å². The van der Waals surface area contributed by atoms with Gasteiger partial charge in [0.2, 0.25) is 0 Å². The summed E-state index contributed by atoms with van der Waals surface area (Å²) in [6, 6.07) is -1.30. The molecule has 0 aromatic heterocycles. The number of hydrogen-bond acceptors (Lipinski definition) is 4. The fraction of sp³-hybridized carbons (Fsp3) is 0.889. The first-order valence-electron chi connectivity index (χ1n) is 5.28. The highest BCUT2D eigenvalue weighted by molar-refractivity contribution is 7.87. The number of esters is 1. The number of hydrogen-bond donors (Lipinski definition) is 2. The second-order valence-electron chi connectivity index (χ2n) is 4.81. The Morgan fingerprint density at radius 1 is 1.26 bits per heavy atom. The molecule has 0 amide bonds. The lowest BCUT2D eigenvalue weighted by molar-refractivity contribution is -0.156. The summed E-state index contributed by atoms with van der Waals surface area (Å²) in [5.41, 5.74) is -0.823. The third-order valence-electron chi connectivity index (χ3n) is 1.55. The third-order valence-corrected chi connectivity index (χ3v) is 2.74. The SMILES string of the molecule is C[C@@H](NS(=O)(=O)NCC(F)(F)F)C(=O)OC(C)(C)C. The van der Waals surface area contributed by atoms with Gasteiger partial charge in [0, 0.05) is 0 Å². The van der Waals surface area contributed by atoms with Crippen LogP contribution in [0.3, 0.4) is 0 Å². The molecule has 0 fully saturated rings. The zero-order chi connectivity index (χ0) is 15.5. The molecule has 2 N–H and O–H groups in total. The summed E-state index contributed by atoms with van der Waals surface area (Å²) in [5, 5.41) is 0. The summed E-state index contributed by atoms with van der Waals surface area (Å²) in [6.07, 6.45) is -4.68. The Bertz CT molecular complexity index is 414. The number of nitrogens with one attached hydrogen (secondary N) is 2. The zero-order valence-electron chi connectivity index (χ0n) is 11.0. The highest BCUT2D eigenvalue weighted by Gasteiger charge is 2.31. The van der Waals surface area contributed by atoms with Crippen molar-refractivity contribution in [1.29, 1.82) is 0 Å². The molecule has 0 aromatic carbocycles. The molecule has 6 nitrogen and oxygen atoms in total. The van der Waals surface area contributed by atoms with Crippen molar-refractivity contribution in [1.82, 2.24) is 9.44 Å². The van der Waals surface area contributed by atoms with Gasteiger partial charge in [-0.05, 0) is 27.7 Å². The van der Waals surface area contributed by atoms with Crippen molar-refractivity contribution in [2.45, 2.75) is 45.5 Å². The second kappa shape index (κ2) is 6.06. The molecule has 0 heterocycles. The average Bonchev–Trinajstić information content (AvgIpc) is 2.10. The van der Waals surface area contributed by atoms with Gasteiger partial charge in [-0.2, -0.15) is 31.0 Å². The van der Waals surface area contributed by atoms with Gasteiger partial charge < -0.3 is 4.74 Å². The number of carbonyl (C=O) groups excluding carboxylic acids is 1. The number of ether oxygens (including phenoxy) is 1. The average molecular weight is 306 g/mol. The lowest BCUT2D eigenvalue weighted by atomic mass is 10.2. The van der Waals surface area contributed by atoms with Crippen LogP contribution in [-0.2, 0) is 19.7 Å². The molecule has 0 saturated carbocycles. The first-order chi connectivity index (χ1) is 8.22. The molecule has 0 aliphatic heterocycles. The molecule has 0 bridgehead atoms. The molecule has 114 valence electrons. The van der Waals surface area contributed by atoms with Gasteiger partial charge in [-0.15, -0.1) is 0 Å². The largest absolute Gasteiger partial charge is 0.459 e. The molecule has 0 unspecified atom stereocenters. The quantitative estimate of drug-likeness (QED) is 0.732. The van der Waals surface area contributed by atoms with Crippen molar-refractivity contribution in [2.24, 2.45) is 0 Å². The maximum absolute atomic E-state index is 11.9. The Morgan fingerprint density at radius 3 is 2.11 bits per heavy atom. The summed E-state index contributed by atoms with van der Waals surface area (Å²) in [7, 11) is -4.44. The topological polar surface area (TPSA) is 84.5 Å². The molecule has 0 aliphatic rings. The minimum atomic E-state index is -4.68. The molecule has 0 radical (unpaired) electrons. The van der Waals surface area contributed by atoms with Crippen LogP contribution >= 0.6 is 0 Å². The molecule has 0 rings (SSSR count). The molecule has 0 spiro atoms. The zero-order valence-corrected chi connectivity index (χ0v) is 11.8. The van der Waals surface area contributed by atoms with E-state index in [2.05, 4.69) is 0 Å². The van der Waals surface area contributed by atoms with E-state index in [0.29, 0.717) is 0 Å². The lowest BCUT2D eigenvalue weighted by Crippen LogP contribution is -2.48. The molecule has 0 aliphatic carbocycles. The number of alkyl halides is 3. The first kappa shape index (κ1) is 18.1. The van der Waals surface area contributed by atoms with Crippen molar-refractivity contribution < 1.29 is 31.1 Å². The van der Waals surface area contributed by atoms with Gasteiger partial charge >= 0.3 is 12.1 Å². The minimum absolute atomic E-state index is 0.823. The minimum Gasteiger partial charge on any atom is -0.459 e. The Kier molecular flexibility index (Phi) is 5.78. The number of rotatable bonds is 5. The predicted molar refractivity (Wildman–Crippen MR) is 61.4 cm³/mol. The number of carbonyl (C=O) groups is 1. The fourth-order valence-electron chi connectivity index (χ4n) is 0.890. The lowest BCUT2D eigenvalue weighted by Gasteiger charge is -2.22. The number of halogens is 3. The van der Waals surface area contributed by atoms with E-state index in [1.807, 2.05) is 0 Å². The fourth-order valence-corrected chi connectivity index (χ4v) is 1.89. The molecular weight excluding hydrogens is 289 g/mol. The molecule has 1 atom stereocenters. The van der Waals surface area contributed by atoms with Crippen molar-refractivity contribution in [3.63, 3.8) is 0 Å². The Hall–Kier alpha value is -0.870. The maximum atomic E-state index is 11.9. The Labute approximate surface area is 109 Å². The van der Waals surface area contributed by atoms with Gasteiger partial charge in [0.15, 0.2) is 0 Å². The monoisotopic (exact) mass is 306 g/mol. The summed E-state index contributed by atoms with van der Waals surface area (Å²) < 4.78 is 65.9. The Morgan fingerprint density at radius 2 is 1.74 bits per heavy atom. The van der Waals surface area contributed by atoms with E-state index in [4.69, 9.17) is 4.74 Å². The normalized spacial score (nSPS) is 15.1. The molecular formula is C9H17F3N2O4S. The summed E-state index contributed by atoms with van der Waals surface area (Å²) in [6.45, 7) is 4.18. The van der Waals surface area contributed by atoms with E-state index in [1.165, 1.54) is 11.6 Å². The van der Waals surface area contributed by atoms with Gasteiger partial charge in [-0.3, -0.25) is 4.79 Å². The molecule has 0 saturated heterocycles. The smallest absolute Gasteiger partial charge is 0.402 e. The van der Waals surface area contributed by atoms with Crippen LogP contribution in [0.2, 0.25) is 0 Å². The summed E-state index contributed by atoms with van der Waals surface area (Å²) in [4.78, 5) is 11.4. The van der Waals surface area contributed by atoms with Crippen LogP contribution in [-0.4, -0.2) is 38.8 Å². The van der Waals surface area contributed by atoms with E-state index in [1.54, 1.807) is 25.5 Å². The summed E-state index contributed by atoms with van der Waals surface area (Å²) in [5.74, 6) is -0.884. The second-order valence-corrected chi connectivity index (χ2v) is 6.34. The van der Waals surface area contributed by atoms with Gasteiger partial charge in [-0.1, -0.05) is 0 Å². The van der Waals surface area contributed by atoms with Crippen LogP contribution in [0.25, 0.3) is 0 Å². The van der Waals surface area contributed by atoms with Gasteiger partial charge in [0.1, 0.15) is 18.2 Å². The van der Waals surface area contributed by atoms with Crippen LogP contribution in [0.1, 0.15) is 27.7 Å². The van der Waals surface area contributed by atoms with Crippen LogP contribution < -0.4 is 9.44 Å². The van der Waals surface area contributed by atoms with Crippen molar-refractivity contribution >= 4 is 16.2 Å². The highest BCUT2D eigenvalue weighted by atomic mass is 32.2. The van der Waals surface area contributed by atoms with E-state index in [0.717, 1.165) is 0 Å². The van der Waals surface area contributed by atoms with E-state index < -0.39 is 40.5 Å². The van der Waals surface area contributed by atoms with Gasteiger partial charge in [-0.25, -0.2) is 0 Å². The van der Waals surface area contributed by atoms with Crippen molar-refractivity contribution in [3.8, 4) is 0 Å². The van der Waals surface area contributed by atoms with E-state index in [9.17, 15) is 26.4 Å². The predicted octanol–water partition coefficient (Wildman–Crippen LogP) is 0.703. The van der Waals surface area contributed by atoms with E-state index >= 15 is 0 Å². The maximum Gasteiger partial charge on any atom is 0.402 e. The third kappa shape index (κ3) is 9.68. The van der Waals surface area contributed by atoms with Crippen LogP contribution in [0, 0.1) is 0 Å². The Balaban J connectivity index is 4.47. The molecule has 0 aromatic rings. The molecule has 10 heteroatoms. The van der Waals surface area contributed by atoms with Gasteiger partial charge in [0.25, 0.3) is 10.2 Å². The highest BCUT2D eigenvalue weighted by Crippen LogP contribution is 2.12. The molecule has 19 heavy (non-hydrogen) atoms. The first-order valence-corrected chi connectivity index (χ1v) is 6.77. The van der Waals surface area contributed by atoms with Crippen LogP contribution in [0.15, 0.2) is 0 Å². The summed E-state index contributed by atoms with van der Waals surface area (Å²) >= 11 is 0. The van der Waals surface area contributed by atoms with Crippen LogP contribution in [0.4, 0.5) is 13.2 Å². The van der Waals surface area contributed by atoms with Crippen LogP contribution in [0.5, 0.6) is 0 Å². The van der Waals surface area contributed by atoms with Crippen molar-refractivity contribution in [3.05, 3.63) is 0 Å². The van der Waals surface area contributed by atoms with Gasteiger partial charge in [0.05, 0.1) is 0 Å².